The second-order valence-corrected chi connectivity index (χ2v) is 5.42. The van der Waals surface area contributed by atoms with Gasteiger partial charge in [0.1, 0.15) is 17.5 Å². The van der Waals surface area contributed by atoms with Crippen LogP contribution in [0, 0.1) is 6.92 Å². The third kappa shape index (κ3) is 5.58. The van der Waals surface area contributed by atoms with Gasteiger partial charge in [0, 0.05) is 18.7 Å². The number of hydrogen-bond acceptors (Lipinski definition) is 5. The summed E-state index contributed by atoms with van der Waals surface area (Å²) in [7, 11) is 0. The molecular weight excluding hydrogens is 244 g/mol. The number of nitrogens with one attached hydrogen (secondary N) is 2. The van der Waals surface area contributed by atoms with Crippen LogP contribution in [0.3, 0.4) is 0 Å². The molecule has 0 amide bonds. The molecule has 0 saturated heterocycles. The average Bonchev–Trinajstić information content (AvgIpc) is 2.33. The van der Waals surface area contributed by atoms with Crippen LogP contribution in [-0.2, 0) is 0 Å². The molecule has 0 aliphatic heterocycles. The summed E-state index contributed by atoms with van der Waals surface area (Å²) in [5.74, 6) is 3.79. The maximum absolute atomic E-state index is 4.42. The Morgan fingerprint density at radius 2 is 2.06 bits per heavy atom. The quantitative estimate of drug-likeness (QED) is 0.758. The summed E-state index contributed by atoms with van der Waals surface area (Å²) in [5.41, 5.74) is 0. The summed E-state index contributed by atoms with van der Waals surface area (Å²) >= 11 is 1.87. The van der Waals surface area contributed by atoms with E-state index in [1.54, 1.807) is 0 Å². The molecule has 1 unspecified atom stereocenters. The van der Waals surface area contributed by atoms with Crippen LogP contribution in [-0.4, -0.2) is 34.6 Å². The third-order valence-electron chi connectivity index (χ3n) is 2.54. The Labute approximate surface area is 114 Å². The highest BCUT2D eigenvalue weighted by Gasteiger charge is 2.05. The molecule has 0 aliphatic rings. The first-order valence-corrected chi connectivity index (χ1v) is 7.90. The van der Waals surface area contributed by atoms with E-state index in [0.717, 1.165) is 36.8 Å². The SMILES string of the molecule is CCCNc1cc(NC(C)CCSC)nc(C)n1. The maximum atomic E-state index is 4.42. The standard InChI is InChI=1S/C13H24N4S/c1-5-7-14-12-9-13(17-11(3)16-12)15-10(2)6-8-18-4/h9-10H,5-8H2,1-4H3,(H2,14,15,16,17). The summed E-state index contributed by atoms with van der Waals surface area (Å²) < 4.78 is 0. The lowest BCUT2D eigenvalue weighted by Crippen LogP contribution is -2.17. The first kappa shape index (κ1) is 15.1. The monoisotopic (exact) mass is 268 g/mol. The van der Waals surface area contributed by atoms with E-state index >= 15 is 0 Å². The van der Waals surface area contributed by atoms with Crippen LogP contribution in [0.15, 0.2) is 6.07 Å². The molecule has 18 heavy (non-hydrogen) atoms. The molecule has 5 heteroatoms. The van der Waals surface area contributed by atoms with Crippen molar-refractivity contribution in [2.45, 2.75) is 39.7 Å². The Balaban J connectivity index is 2.61. The van der Waals surface area contributed by atoms with Crippen LogP contribution in [0.1, 0.15) is 32.5 Å². The van der Waals surface area contributed by atoms with E-state index in [1.165, 1.54) is 5.75 Å². The minimum Gasteiger partial charge on any atom is -0.370 e. The average molecular weight is 268 g/mol. The first-order chi connectivity index (χ1) is 8.65. The molecular formula is C13H24N4S. The van der Waals surface area contributed by atoms with Gasteiger partial charge in [-0.2, -0.15) is 11.8 Å². The smallest absolute Gasteiger partial charge is 0.132 e. The fourth-order valence-corrected chi connectivity index (χ4v) is 2.19. The van der Waals surface area contributed by atoms with E-state index < -0.39 is 0 Å². The van der Waals surface area contributed by atoms with Crippen molar-refractivity contribution in [3.8, 4) is 0 Å². The molecule has 1 atom stereocenters. The van der Waals surface area contributed by atoms with Crippen LogP contribution in [0.2, 0.25) is 0 Å². The van der Waals surface area contributed by atoms with Crippen molar-refractivity contribution in [1.82, 2.24) is 9.97 Å². The van der Waals surface area contributed by atoms with E-state index in [2.05, 4.69) is 40.7 Å². The molecule has 0 radical (unpaired) electrons. The molecule has 1 aromatic heterocycles. The summed E-state index contributed by atoms with van der Waals surface area (Å²) in [6.45, 7) is 7.20. The van der Waals surface area contributed by atoms with Gasteiger partial charge in [-0.1, -0.05) is 6.92 Å². The van der Waals surface area contributed by atoms with Gasteiger partial charge in [-0.25, -0.2) is 9.97 Å². The van der Waals surface area contributed by atoms with E-state index in [0.29, 0.717) is 6.04 Å². The number of nitrogens with zero attached hydrogens (tertiary/aromatic N) is 2. The molecule has 0 spiro atoms. The zero-order valence-corrected chi connectivity index (χ0v) is 12.6. The van der Waals surface area contributed by atoms with Gasteiger partial charge in [0.2, 0.25) is 0 Å². The van der Waals surface area contributed by atoms with E-state index in [4.69, 9.17) is 0 Å². The normalized spacial score (nSPS) is 12.2. The van der Waals surface area contributed by atoms with Crippen LogP contribution >= 0.6 is 11.8 Å². The minimum absolute atomic E-state index is 0.436. The number of aryl methyl sites for hydroxylation is 1. The summed E-state index contributed by atoms with van der Waals surface area (Å²) in [5, 5.41) is 6.73. The van der Waals surface area contributed by atoms with Gasteiger partial charge in [-0.15, -0.1) is 0 Å². The zero-order valence-electron chi connectivity index (χ0n) is 11.8. The molecule has 0 aliphatic carbocycles. The highest BCUT2D eigenvalue weighted by atomic mass is 32.2. The fraction of sp³-hybridized carbons (Fsp3) is 0.692. The van der Waals surface area contributed by atoms with E-state index in [9.17, 15) is 0 Å². The van der Waals surface area contributed by atoms with Gasteiger partial charge in [-0.05, 0) is 38.7 Å². The highest BCUT2D eigenvalue weighted by Crippen LogP contribution is 2.13. The van der Waals surface area contributed by atoms with Gasteiger partial charge < -0.3 is 10.6 Å². The first-order valence-electron chi connectivity index (χ1n) is 6.50. The lowest BCUT2D eigenvalue weighted by molar-refractivity contribution is 0.764. The number of anilines is 2. The Morgan fingerprint density at radius 1 is 1.33 bits per heavy atom. The highest BCUT2D eigenvalue weighted by molar-refractivity contribution is 7.98. The molecule has 1 heterocycles. The summed E-state index contributed by atoms with van der Waals surface area (Å²) in [6.07, 6.45) is 4.37. The van der Waals surface area contributed by atoms with Crippen molar-refractivity contribution in [3.63, 3.8) is 0 Å². The third-order valence-corrected chi connectivity index (χ3v) is 3.19. The number of thioether (sulfide) groups is 1. The Hall–Kier alpha value is -0.970. The summed E-state index contributed by atoms with van der Waals surface area (Å²) in [6, 6.07) is 2.42. The van der Waals surface area contributed by atoms with Crippen LogP contribution in [0.4, 0.5) is 11.6 Å². The van der Waals surface area contributed by atoms with Gasteiger partial charge >= 0.3 is 0 Å². The molecule has 2 N–H and O–H groups in total. The van der Waals surface area contributed by atoms with Crippen molar-refractivity contribution in [1.29, 1.82) is 0 Å². The van der Waals surface area contributed by atoms with Crippen LogP contribution in [0.25, 0.3) is 0 Å². The molecule has 1 aromatic rings. The number of aromatic nitrogens is 2. The predicted octanol–water partition coefficient (Wildman–Crippen LogP) is 3.16. The van der Waals surface area contributed by atoms with Gasteiger partial charge in [0.15, 0.2) is 0 Å². The maximum Gasteiger partial charge on any atom is 0.132 e. The van der Waals surface area contributed by atoms with Crippen molar-refractivity contribution in [2.24, 2.45) is 0 Å². The molecule has 0 saturated carbocycles. The Bertz CT molecular complexity index is 357. The molecule has 0 bridgehead atoms. The summed E-state index contributed by atoms with van der Waals surface area (Å²) in [4.78, 5) is 8.80. The minimum atomic E-state index is 0.436. The van der Waals surface area contributed by atoms with Crippen molar-refractivity contribution >= 4 is 23.4 Å². The topological polar surface area (TPSA) is 49.8 Å². The Morgan fingerprint density at radius 3 is 2.72 bits per heavy atom. The predicted molar refractivity (Wildman–Crippen MR) is 81.6 cm³/mol. The Kier molecular flexibility index (Phi) is 6.86. The second kappa shape index (κ2) is 8.19. The zero-order chi connectivity index (χ0) is 13.4. The van der Waals surface area contributed by atoms with Crippen molar-refractivity contribution < 1.29 is 0 Å². The van der Waals surface area contributed by atoms with Crippen LogP contribution < -0.4 is 10.6 Å². The van der Waals surface area contributed by atoms with Gasteiger partial charge in [0.25, 0.3) is 0 Å². The van der Waals surface area contributed by atoms with E-state index in [-0.39, 0.29) is 0 Å². The second-order valence-electron chi connectivity index (χ2n) is 4.44. The largest absolute Gasteiger partial charge is 0.370 e. The lowest BCUT2D eigenvalue weighted by Gasteiger charge is -2.15. The molecule has 1 rings (SSSR count). The lowest BCUT2D eigenvalue weighted by atomic mass is 10.2. The van der Waals surface area contributed by atoms with Crippen molar-refractivity contribution in [3.05, 3.63) is 11.9 Å². The fourth-order valence-electron chi connectivity index (χ4n) is 1.60. The number of hydrogen-bond donors (Lipinski definition) is 2. The van der Waals surface area contributed by atoms with Crippen LogP contribution in [0.5, 0.6) is 0 Å². The molecule has 0 aromatic carbocycles. The van der Waals surface area contributed by atoms with E-state index in [1.807, 2.05) is 24.8 Å². The molecule has 0 fully saturated rings. The number of rotatable bonds is 8. The van der Waals surface area contributed by atoms with Crippen molar-refractivity contribution in [2.75, 3.05) is 29.2 Å². The van der Waals surface area contributed by atoms with Gasteiger partial charge in [0.05, 0.1) is 0 Å². The molecule has 4 nitrogen and oxygen atoms in total. The van der Waals surface area contributed by atoms with Gasteiger partial charge in [-0.3, -0.25) is 0 Å². The molecule has 102 valence electrons.